The van der Waals surface area contributed by atoms with Crippen LogP contribution in [0.15, 0.2) is 79.4 Å². The van der Waals surface area contributed by atoms with Gasteiger partial charge >= 0.3 is 0 Å². The number of rotatable bonds is 7. The highest BCUT2D eigenvalue weighted by Crippen LogP contribution is 2.45. The summed E-state index contributed by atoms with van der Waals surface area (Å²) in [7, 11) is 0. The third kappa shape index (κ3) is 3.88. The molecule has 1 atom stereocenters. The van der Waals surface area contributed by atoms with Crippen LogP contribution in [-0.2, 0) is 18.5 Å². The summed E-state index contributed by atoms with van der Waals surface area (Å²) < 4.78 is 16.2. The highest BCUT2D eigenvalue weighted by atomic mass is 19.1. The van der Waals surface area contributed by atoms with E-state index in [-0.39, 0.29) is 0 Å². The third-order valence-electron chi connectivity index (χ3n) is 5.08. The van der Waals surface area contributed by atoms with E-state index in [0.717, 1.165) is 42.4 Å². The van der Waals surface area contributed by atoms with Crippen molar-refractivity contribution < 1.29 is 4.39 Å². The monoisotopic (exact) mass is 346 g/mol. The lowest BCUT2D eigenvalue weighted by atomic mass is 9.78. The average Bonchev–Trinajstić information content (AvgIpc) is 2.68. The predicted molar refractivity (Wildman–Crippen MR) is 110 cm³/mol. The molecule has 2 aromatic rings. The first-order valence-corrected chi connectivity index (χ1v) is 9.53. The molecule has 0 N–H and O–H groups in total. The number of halogens is 1. The van der Waals surface area contributed by atoms with Gasteiger partial charge in [0.15, 0.2) is 5.67 Å². The lowest BCUT2D eigenvalue weighted by Gasteiger charge is -2.30. The van der Waals surface area contributed by atoms with Crippen LogP contribution in [0.5, 0.6) is 0 Å². The summed E-state index contributed by atoms with van der Waals surface area (Å²) in [5.74, 6) is 0. The topological polar surface area (TPSA) is 0 Å². The summed E-state index contributed by atoms with van der Waals surface area (Å²) in [6, 6.07) is 16.3. The maximum absolute atomic E-state index is 16.2. The first kappa shape index (κ1) is 18.4. The van der Waals surface area contributed by atoms with Gasteiger partial charge in [-0.05, 0) is 41.5 Å². The standard InChI is InChI=1S/C25H27F/c1-3-5-9-21-13-17-23(18-14-21)25(26)19-7-6-10-24(25)22-15-11-20(8-4-2)12-16-22/h3,6-7,10-18H,1,4-5,8-9,19H2,2H3. The molecular weight excluding hydrogens is 319 g/mol. The molecule has 1 aliphatic rings. The number of alkyl halides is 1. The number of allylic oxidation sites excluding steroid dienone is 5. The lowest BCUT2D eigenvalue weighted by molar-refractivity contribution is 0.249. The van der Waals surface area contributed by atoms with Gasteiger partial charge in [0.1, 0.15) is 0 Å². The van der Waals surface area contributed by atoms with Gasteiger partial charge in [-0.15, -0.1) is 6.58 Å². The Morgan fingerprint density at radius 1 is 1.00 bits per heavy atom. The minimum absolute atomic E-state index is 0.377. The van der Waals surface area contributed by atoms with Crippen molar-refractivity contribution in [1.29, 1.82) is 0 Å². The molecular formula is C25H27F. The first-order chi connectivity index (χ1) is 12.7. The Hall–Kier alpha value is -2.41. The van der Waals surface area contributed by atoms with Crippen LogP contribution >= 0.6 is 0 Å². The zero-order valence-electron chi connectivity index (χ0n) is 15.5. The van der Waals surface area contributed by atoms with Gasteiger partial charge in [-0.2, -0.15) is 0 Å². The molecule has 0 radical (unpaired) electrons. The molecule has 1 heteroatoms. The van der Waals surface area contributed by atoms with E-state index >= 15 is 4.39 Å². The summed E-state index contributed by atoms with van der Waals surface area (Å²) >= 11 is 0. The summed E-state index contributed by atoms with van der Waals surface area (Å²) in [4.78, 5) is 0. The molecule has 134 valence electrons. The molecule has 1 aliphatic carbocycles. The summed E-state index contributed by atoms with van der Waals surface area (Å²) in [6.07, 6.45) is 12.2. The van der Waals surface area contributed by atoms with Gasteiger partial charge in [-0.1, -0.05) is 86.2 Å². The largest absolute Gasteiger partial charge is 0.233 e. The molecule has 0 saturated heterocycles. The van der Waals surface area contributed by atoms with Crippen molar-refractivity contribution in [3.8, 4) is 0 Å². The fourth-order valence-electron chi connectivity index (χ4n) is 3.58. The minimum Gasteiger partial charge on any atom is -0.233 e. The second kappa shape index (κ2) is 8.31. The Balaban J connectivity index is 1.90. The molecule has 26 heavy (non-hydrogen) atoms. The molecule has 3 rings (SSSR count). The second-order valence-corrected chi connectivity index (χ2v) is 6.98. The van der Waals surface area contributed by atoms with E-state index in [4.69, 9.17) is 0 Å². The van der Waals surface area contributed by atoms with Crippen molar-refractivity contribution in [3.05, 3.63) is 102 Å². The van der Waals surface area contributed by atoms with Crippen LogP contribution in [0, 0.1) is 0 Å². The maximum Gasteiger partial charge on any atom is 0.165 e. The second-order valence-electron chi connectivity index (χ2n) is 6.98. The molecule has 0 heterocycles. The number of hydrogen-bond acceptors (Lipinski definition) is 0. The van der Waals surface area contributed by atoms with Gasteiger partial charge in [0.05, 0.1) is 0 Å². The van der Waals surface area contributed by atoms with E-state index in [2.05, 4.69) is 37.8 Å². The van der Waals surface area contributed by atoms with Crippen molar-refractivity contribution in [1.82, 2.24) is 0 Å². The zero-order chi connectivity index (χ0) is 18.4. The van der Waals surface area contributed by atoms with Crippen LogP contribution in [0.25, 0.3) is 5.57 Å². The SMILES string of the molecule is C=CCCc1ccc(C2(F)CC=CC=C2c2ccc(CCC)cc2)cc1. The van der Waals surface area contributed by atoms with Crippen LogP contribution in [0.2, 0.25) is 0 Å². The van der Waals surface area contributed by atoms with Crippen molar-refractivity contribution in [2.75, 3.05) is 0 Å². The van der Waals surface area contributed by atoms with Gasteiger partial charge < -0.3 is 0 Å². The maximum atomic E-state index is 16.2. The zero-order valence-corrected chi connectivity index (χ0v) is 15.5. The number of hydrogen-bond donors (Lipinski definition) is 0. The van der Waals surface area contributed by atoms with Crippen LogP contribution in [0.4, 0.5) is 4.39 Å². The highest BCUT2D eigenvalue weighted by molar-refractivity contribution is 5.76. The molecule has 0 bridgehead atoms. The minimum atomic E-state index is -1.47. The van der Waals surface area contributed by atoms with E-state index in [1.807, 2.05) is 48.6 Å². The highest BCUT2D eigenvalue weighted by Gasteiger charge is 2.37. The van der Waals surface area contributed by atoms with E-state index in [0.29, 0.717) is 6.42 Å². The lowest BCUT2D eigenvalue weighted by Crippen LogP contribution is -2.23. The van der Waals surface area contributed by atoms with Crippen molar-refractivity contribution >= 4 is 5.57 Å². The average molecular weight is 346 g/mol. The number of aryl methyl sites for hydroxylation is 2. The molecule has 1 unspecified atom stereocenters. The van der Waals surface area contributed by atoms with E-state index in [9.17, 15) is 0 Å². The van der Waals surface area contributed by atoms with Gasteiger partial charge in [-0.25, -0.2) is 4.39 Å². The van der Waals surface area contributed by atoms with Crippen LogP contribution < -0.4 is 0 Å². The Bertz CT molecular complexity index is 793. The third-order valence-corrected chi connectivity index (χ3v) is 5.08. The van der Waals surface area contributed by atoms with E-state index < -0.39 is 5.67 Å². The molecule has 0 nitrogen and oxygen atoms in total. The van der Waals surface area contributed by atoms with Crippen molar-refractivity contribution in [2.24, 2.45) is 0 Å². The fraction of sp³-hybridized carbons (Fsp3) is 0.280. The molecule has 2 aromatic carbocycles. The van der Waals surface area contributed by atoms with Crippen LogP contribution in [0.1, 0.15) is 48.4 Å². The van der Waals surface area contributed by atoms with Gasteiger partial charge in [0.2, 0.25) is 0 Å². The van der Waals surface area contributed by atoms with E-state index in [1.54, 1.807) is 0 Å². The molecule has 0 aromatic heterocycles. The summed E-state index contributed by atoms with van der Waals surface area (Å²) in [5.41, 5.74) is 3.50. The number of benzene rings is 2. The van der Waals surface area contributed by atoms with Gasteiger partial charge in [0, 0.05) is 12.0 Å². The molecule has 0 fully saturated rings. The molecule has 0 spiro atoms. The van der Waals surface area contributed by atoms with Crippen molar-refractivity contribution in [3.63, 3.8) is 0 Å². The van der Waals surface area contributed by atoms with Crippen LogP contribution in [-0.4, -0.2) is 0 Å². The fourth-order valence-corrected chi connectivity index (χ4v) is 3.58. The van der Waals surface area contributed by atoms with Gasteiger partial charge in [0.25, 0.3) is 0 Å². The molecule has 0 amide bonds. The molecule has 0 saturated carbocycles. The van der Waals surface area contributed by atoms with E-state index in [1.165, 1.54) is 11.1 Å². The quantitative estimate of drug-likeness (QED) is 0.475. The van der Waals surface area contributed by atoms with Crippen LogP contribution in [0.3, 0.4) is 0 Å². The normalized spacial score (nSPS) is 19.2. The summed E-state index contributed by atoms with van der Waals surface area (Å²) in [5, 5.41) is 0. The Morgan fingerprint density at radius 2 is 1.65 bits per heavy atom. The predicted octanol–water partition coefficient (Wildman–Crippen LogP) is 6.97. The smallest absolute Gasteiger partial charge is 0.165 e. The van der Waals surface area contributed by atoms with Crippen molar-refractivity contribution in [2.45, 2.75) is 44.7 Å². The molecule has 0 aliphatic heterocycles. The van der Waals surface area contributed by atoms with Gasteiger partial charge in [-0.3, -0.25) is 0 Å². The summed E-state index contributed by atoms with van der Waals surface area (Å²) in [6.45, 7) is 5.94. The Morgan fingerprint density at radius 3 is 2.31 bits per heavy atom. The Labute approximate surface area is 156 Å². The Kier molecular flexibility index (Phi) is 5.88. The first-order valence-electron chi connectivity index (χ1n) is 9.53.